The number of nitrogens with two attached hydrogens (primary N) is 1. The van der Waals surface area contributed by atoms with Crippen molar-refractivity contribution in [3.63, 3.8) is 0 Å². The van der Waals surface area contributed by atoms with Crippen molar-refractivity contribution in [1.82, 2.24) is 10.3 Å². The predicted molar refractivity (Wildman–Crippen MR) is 76.5 cm³/mol. The van der Waals surface area contributed by atoms with Crippen molar-refractivity contribution in [3.8, 4) is 0 Å². The van der Waals surface area contributed by atoms with Gasteiger partial charge in [-0.05, 0) is 30.3 Å². The maximum atomic E-state index is 10.6. The van der Waals surface area contributed by atoms with Gasteiger partial charge < -0.3 is 11.1 Å². The van der Waals surface area contributed by atoms with Crippen molar-refractivity contribution in [2.45, 2.75) is 25.8 Å². The maximum absolute atomic E-state index is 10.6. The number of hydrogen-bond donors (Lipinski definition) is 2. The van der Waals surface area contributed by atoms with Gasteiger partial charge in [-0.2, -0.15) is 0 Å². The third kappa shape index (κ3) is 4.03. The fraction of sp³-hybridized carbons (Fsp3) is 0.333. The Hall–Kier alpha value is -1.94. The predicted octanol–water partition coefficient (Wildman–Crippen LogP) is 1.98. The molecule has 0 atom stereocenters. The molecule has 0 bridgehead atoms. The molecule has 19 heavy (non-hydrogen) atoms. The summed E-state index contributed by atoms with van der Waals surface area (Å²) in [5.41, 5.74) is 6.29. The first-order chi connectivity index (χ1) is 9.27. The van der Waals surface area contributed by atoms with E-state index >= 15 is 0 Å². The number of rotatable bonds is 7. The SMILES string of the molecule is NC(=O)CCCCNCc1cncc2ccccc12. The van der Waals surface area contributed by atoms with Crippen molar-refractivity contribution < 1.29 is 4.79 Å². The Kier molecular flexibility index (Phi) is 4.86. The lowest BCUT2D eigenvalue weighted by Crippen LogP contribution is -2.16. The number of pyridine rings is 1. The van der Waals surface area contributed by atoms with Crippen LogP contribution in [0.1, 0.15) is 24.8 Å². The highest BCUT2D eigenvalue weighted by molar-refractivity contribution is 5.84. The van der Waals surface area contributed by atoms with Gasteiger partial charge in [0.25, 0.3) is 0 Å². The van der Waals surface area contributed by atoms with Crippen LogP contribution in [0.5, 0.6) is 0 Å². The second-order valence-electron chi connectivity index (χ2n) is 4.62. The summed E-state index contributed by atoms with van der Waals surface area (Å²) in [5, 5.41) is 5.78. The molecule has 1 aromatic carbocycles. The largest absolute Gasteiger partial charge is 0.370 e. The molecule has 2 rings (SSSR count). The molecule has 4 nitrogen and oxygen atoms in total. The van der Waals surface area contributed by atoms with Crippen LogP contribution < -0.4 is 11.1 Å². The molecule has 0 aliphatic heterocycles. The topological polar surface area (TPSA) is 68.0 Å². The third-order valence-corrected chi connectivity index (χ3v) is 3.09. The van der Waals surface area contributed by atoms with Crippen LogP contribution in [0, 0.1) is 0 Å². The fourth-order valence-electron chi connectivity index (χ4n) is 2.09. The van der Waals surface area contributed by atoms with E-state index in [1.807, 2.05) is 24.5 Å². The average molecular weight is 257 g/mol. The van der Waals surface area contributed by atoms with Crippen molar-refractivity contribution in [2.24, 2.45) is 5.73 Å². The molecule has 0 saturated heterocycles. The number of carbonyl (C=O) groups excluding carboxylic acids is 1. The van der Waals surface area contributed by atoms with Gasteiger partial charge in [0.2, 0.25) is 5.91 Å². The van der Waals surface area contributed by atoms with Crippen LogP contribution >= 0.6 is 0 Å². The highest BCUT2D eigenvalue weighted by atomic mass is 16.1. The van der Waals surface area contributed by atoms with Crippen LogP contribution in [0.4, 0.5) is 0 Å². The number of nitrogens with one attached hydrogen (secondary N) is 1. The summed E-state index contributed by atoms with van der Waals surface area (Å²) in [7, 11) is 0. The number of carbonyl (C=O) groups is 1. The molecule has 0 unspecified atom stereocenters. The van der Waals surface area contributed by atoms with Gasteiger partial charge in [0.15, 0.2) is 0 Å². The summed E-state index contributed by atoms with van der Waals surface area (Å²) in [6.07, 6.45) is 6.05. The zero-order valence-electron chi connectivity index (χ0n) is 10.9. The molecule has 0 aliphatic rings. The lowest BCUT2D eigenvalue weighted by Gasteiger charge is -2.07. The van der Waals surface area contributed by atoms with Crippen LogP contribution in [0.2, 0.25) is 0 Å². The summed E-state index contributed by atoms with van der Waals surface area (Å²) in [5.74, 6) is -0.224. The van der Waals surface area contributed by atoms with Crippen LogP contribution in [-0.4, -0.2) is 17.4 Å². The zero-order valence-corrected chi connectivity index (χ0v) is 10.9. The van der Waals surface area contributed by atoms with E-state index in [9.17, 15) is 4.79 Å². The first kappa shape index (κ1) is 13.5. The van der Waals surface area contributed by atoms with Crippen LogP contribution in [-0.2, 0) is 11.3 Å². The second kappa shape index (κ2) is 6.85. The average Bonchev–Trinajstić information content (AvgIpc) is 2.42. The lowest BCUT2D eigenvalue weighted by atomic mass is 10.1. The van der Waals surface area contributed by atoms with Crippen molar-refractivity contribution >= 4 is 16.7 Å². The molecule has 100 valence electrons. The minimum absolute atomic E-state index is 0.224. The Labute approximate surface area is 113 Å². The lowest BCUT2D eigenvalue weighted by molar-refractivity contribution is -0.118. The normalized spacial score (nSPS) is 10.7. The molecule has 3 N–H and O–H groups in total. The van der Waals surface area contributed by atoms with Gasteiger partial charge in [-0.15, -0.1) is 0 Å². The number of amides is 1. The van der Waals surface area contributed by atoms with Gasteiger partial charge in [-0.3, -0.25) is 9.78 Å². The van der Waals surface area contributed by atoms with Gasteiger partial charge in [0.05, 0.1) is 0 Å². The number of unbranched alkanes of at least 4 members (excludes halogenated alkanes) is 1. The molecular formula is C15H19N3O. The number of fused-ring (bicyclic) bond motifs is 1. The number of hydrogen-bond acceptors (Lipinski definition) is 3. The van der Waals surface area contributed by atoms with Gasteiger partial charge in [0, 0.05) is 30.7 Å². The van der Waals surface area contributed by atoms with E-state index < -0.39 is 0 Å². The number of aromatic nitrogens is 1. The molecule has 1 heterocycles. The minimum atomic E-state index is -0.224. The summed E-state index contributed by atoms with van der Waals surface area (Å²) in [4.78, 5) is 14.8. The van der Waals surface area contributed by atoms with Gasteiger partial charge >= 0.3 is 0 Å². The Balaban J connectivity index is 1.83. The number of primary amides is 1. The first-order valence-electron chi connectivity index (χ1n) is 6.58. The monoisotopic (exact) mass is 257 g/mol. The van der Waals surface area contributed by atoms with Crippen LogP contribution in [0.3, 0.4) is 0 Å². The van der Waals surface area contributed by atoms with Gasteiger partial charge in [-0.25, -0.2) is 0 Å². The standard InChI is InChI=1S/C15H19N3O/c16-15(19)7-3-4-8-17-10-13-11-18-9-12-5-1-2-6-14(12)13/h1-2,5-6,9,11,17H,3-4,7-8,10H2,(H2,16,19). The molecule has 1 aromatic heterocycles. The minimum Gasteiger partial charge on any atom is -0.370 e. The summed E-state index contributed by atoms with van der Waals surface area (Å²) >= 11 is 0. The molecule has 0 fully saturated rings. The van der Waals surface area contributed by atoms with Crippen molar-refractivity contribution in [3.05, 3.63) is 42.2 Å². The van der Waals surface area contributed by atoms with Crippen LogP contribution in [0.25, 0.3) is 10.8 Å². The van der Waals surface area contributed by atoms with Crippen molar-refractivity contribution in [1.29, 1.82) is 0 Å². The quantitative estimate of drug-likeness (QED) is 0.745. The first-order valence-corrected chi connectivity index (χ1v) is 6.58. The van der Waals surface area contributed by atoms with E-state index in [1.165, 1.54) is 10.9 Å². The molecule has 0 saturated carbocycles. The van der Waals surface area contributed by atoms with Gasteiger partial charge in [0.1, 0.15) is 0 Å². The summed E-state index contributed by atoms with van der Waals surface area (Å²) in [6.45, 7) is 1.68. The highest BCUT2D eigenvalue weighted by Gasteiger charge is 2.00. The Morgan fingerprint density at radius 1 is 1.21 bits per heavy atom. The number of nitrogens with zero attached hydrogens (tertiary/aromatic N) is 1. The molecule has 1 amide bonds. The highest BCUT2D eigenvalue weighted by Crippen LogP contribution is 2.16. The molecule has 0 radical (unpaired) electrons. The van der Waals surface area contributed by atoms with Crippen molar-refractivity contribution in [2.75, 3.05) is 6.54 Å². The van der Waals surface area contributed by atoms with E-state index in [-0.39, 0.29) is 5.91 Å². The van der Waals surface area contributed by atoms with E-state index in [0.29, 0.717) is 6.42 Å². The summed E-state index contributed by atoms with van der Waals surface area (Å²) in [6, 6.07) is 8.24. The smallest absolute Gasteiger partial charge is 0.217 e. The number of benzene rings is 1. The fourth-order valence-corrected chi connectivity index (χ4v) is 2.09. The molecule has 0 aliphatic carbocycles. The van der Waals surface area contributed by atoms with E-state index in [2.05, 4.69) is 22.4 Å². The Morgan fingerprint density at radius 2 is 2.05 bits per heavy atom. The maximum Gasteiger partial charge on any atom is 0.217 e. The molecule has 4 heteroatoms. The van der Waals surface area contributed by atoms with E-state index in [1.54, 1.807) is 0 Å². The van der Waals surface area contributed by atoms with E-state index in [4.69, 9.17) is 5.73 Å². The Morgan fingerprint density at radius 3 is 2.89 bits per heavy atom. The molecule has 0 spiro atoms. The molecular weight excluding hydrogens is 238 g/mol. The van der Waals surface area contributed by atoms with E-state index in [0.717, 1.165) is 31.3 Å². The second-order valence-corrected chi connectivity index (χ2v) is 4.62. The van der Waals surface area contributed by atoms with Gasteiger partial charge in [-0.1, -0.05) is 24.3 Å². The van der Waals surface area contributed by atoms with Crippen LogP contribution in [0.15, 0.2) is 36.7 Å². The zero-order chi connectivity index (χ0) is 13.5. The molecule has 2 aromatic rings. The summed E-state index contributed by atoms with van der Waals surface area (Å²) < 4.78 is 0. The third-order valence-electron chi connectivity index (χ3n) is 3.09. The Bertz CT molecular complexity index is 549.